The molecular weight excluding hydrogens is 358 g/mol. The van der Waals surface area contributed by atoms with E-state index in [-0.39, 0.29) is 12.5 Å². The number of amides is 1. The number of carboxylic acid groups (broad SMARTS) is 1. The van der Waals surface area contributed by atoms with Crippen LogP contribution in [-0.2, 0) is 4.79 Å². The van der Waals surface area contributed by atoms with Gasteiger partial charge in [-0.1, -0.05) is 24.6 Å². The third-order valence-corrected chi connectivity index (χ3v) is 5.47. The molecule has 4 nitrogen and oxygen atoms in total. The summed E-state index contributed by atoms with van der Waals surface area (Å²) < 4.78 is 0.659. The monoisotopic (exact) mass is 373 g/mol. The summed E-state index contributed by atoms with van der Waals surface area (Å²) in [5, 5.41) is 9.85. The number of aliphatic carboxylic acids is 1. The molecule has 1 aliphatic rings. The second-order valence-electron chi connectivity index (χ2n) is 5.37. The van der Waals surface area contributed by atoms with E-state index in [1.165, 1.54) is 0 Å². The van der Waals surface area contributed by atoms with E-state index < -0.39 is 11.4 Å². The smallest absolute Gasteiger partial charge is 0.311 e. The van der Waals surface area contributed by atoms with Crippen LogP contribution in [0.3, 0.4) is 0 Å². The Kier molecular flexibility index (Phi) is 4.94. The molecule has 6 heteroatoms. The summed E-state index contributed by atoms with van der Waals surface area (Å²) in [5.41, 5.74) is -0.435. The molecular formula is C15H17BrClNO3. The zero-order valence-electron chi connectivity index (χ0n) is 11.7. The molecule has 1 amide bonds. The van der Waals surface area contributed by atoms with Gasteiger partial charge in [0.15, 0.2) is 0 Å². The van der Waals surface area contributed by atoms with Crippen molar-refractivity contribution in [3.8, 4) is 0 Å². The lowest BCUT2D eigenvalue weighted by atomic mass is 9.77. The minimum Gasteiger partial charge on any atom is -0.481 e. The fraction of sp³-hybridized carbons (Fsp3) is 0.467. The average Bonchev–Trinajstić information content (AvgIpc) is 2.49. The van der Waals surface area contributed by atoms with Gasteiger partial charge in [-0.2, -0.15) is 0 Å². The summed E-state index contributed by atoms with van der Waals surface area (Å²) in [6.07, 6.45) is 1.81. The van der Waals surface area contributed by atoms with E-state index >= 15 is 0 Å². The van der Waals surface area contributed by atoms with Crippen molar-refractivity contribution in [3.05, 3.63) is 33.3 Å². The highest BCUT2D eigenvalue weighted by atomic mass is 79.9. The summed E-state index contributed by atoms with van der Waals surface area (Å²) in [7, 11) is 0. The number of piperidine rings is 1. The van der Waals surface area contributed by atoms with Crippen LogP contribution in [0.4, 0.5) is 0 Å². The second-order valence-corrected chi connectivity index (χ2v) is 6.60. The molecule has 0 aliphatic carbocycles. The van der Waals surface area contributed by atoms with Gasteiger partial charge in [0.2, 0.25) is 0 Å². The molecule has 0 saturated carbocycles. The van der Waals surface area contributed by atoms with E-state index in [1.807, 2.05) is 6.92 Å². The third kappa shape index (κ3) is 3.09. The van der Waals surface area contributed by atoms with Crippen LogP contribution < -0.4 is 0 Å². The molecule has 1 aromatic carbocycles. The second kappa shape index (κ2) is 6.36. The Balaban J connectivity index is 2.27. The normalized spacial score (nSPS) is 22.1. The van der Waals surface area contributed by atoms with Gasteiger partial charge in [-0.25, -0.2) is 0 Å². The molecule has 0 bridgehead atoms. The predicted octanol–water partition coefficient (Wildman–Crippen LogP) is 3.82. The zero-order valence-corrected chi connectivity index (χ0v) is 14.1. The number of carbonyl (C=O) groups excluding carboxylic acids is 1. The lowest BCUT2D eigenvalue weighted by Crippen LogP contribution is -2.49. The Morgan fingerprint density at radius 2 is 2.19 bits per heavy atom. The maximum absolute atomic E-state index is 12.6. The van der Waals surface area contributed by atoms with Gasteiger partial charge in [-0.15, -0.1) is 0 Å². The maximum Gasteiger partial charge on any atom is 0.311 e. The van der Waals surface area contributed by atoms with Gasteiger partial charge in [0.25, 0.3) is 5.91 Å². The minimum absolute atomic E-state index is 0.208. The van der Waals surface area contributed by atoms with Crippen molar-refractivity contribution < 1.29 is 14.7 Å². The highest BCUT2D eigenvalue weighted by Crippen LogP contribution is 2.35. The molecule has 0 spiro atoms. The van der Waals surface area contributed by atoms with Crippen LogP contribution in [0.2, 0.25) is 5.02 Å². The molecule has 0 aromatic heterocycles. The molecule has 1 heterocycles. The van der Waals surface area contributed by atoms with Crippen molar-refractivity contribution >= 4 is 39.4 Å². The first-order valence-electron chi connectivity index (χ1n) is 6.88. The SMILES string of the molecule is CCC1(C(=O)O)CCCN(C(=O)c2cccc(Br)c2Cl)C1. The largest absolute Gasteiger partial charge is 0.481 e. The number of hydrogen-bond acceptors (Lipinski definition) is 2. The molecule has 0 radical (unpaired) electrons. The Hall–Kier alpha value is -1.07. The summed E-state index contributed by atoms with van der Waals surface area (Å²) in [6.45, 7) is 2.66. The fourth-order valence-electron chi connectivity index (χ4n) is 2.76. The van der Waals surface area contributed by atoms with Crippen LogP contribution in [0.15, 0.2) is 22.7 Å². The first kappa shape index (κ1) is 16.3. The van der Waals surface area contributed by atoms with E-state index in [4.69, 9.17) is 11.6 Å². The first-order valence-corrected chi connectivity index (χ1v) is 8.05. The lowest BCUT2D eigenvalue weighted by Gasteiger charge is -2.39. The lowest BCUT2D eigenvalue weighted by molar-refractivity contribution is -0.152. The molecule has 21 heavy (non-hydrogen) atoms. The molecule has 1 unspecified atom stereocenters. The Bertz CT molecular complexity index is 578. The van der Waals surface area contributed by atoms with Gasteiger partial charge in [-0.05, 0) is 47.3 Å². The van der Waals surface area contributed by atoms with E-state index in [0.29, 0.717) is 40.9 Å². The van der Waals surface area contributed by atoms with E-state index in [0.717, 1.165) is 0 Å². The summed E-state index contributed by atoms with van der Waals surface area (Å²) in [4.78, 5) is 25.8. The van der Waals surface area contributed by atoms with Crippen LogP contribution in [0, 0.1) is 5.41 Å². The van der Waals surface area contributed by atoms with Crippen LogP contribution in [-0.4, -0.2) is 35.0 Å². The molecule has 1 atom stereocenters. The van der Waals surface area contributed by atoms with Crippen molar-refractivity contribution in [2.24, 2.45) is 5.41 Å². The number of nitrogens with zero attached hydrogens (tertiary/aromatic N) is 1. The molecule has 1 aliphatic heterocycles. The van der Waals surface area contributed by atoms with E-state index in [9.17, 15) is 14.7 Å². The number of likely N-dealkylation sites (tertiary alicyclic amines) is 1. The molecule has 1 saturated heterocycles. The minimum atomic E-state index is -0.841. The molecule has 1 fully saturated rings. The number of rotatable bonds is 3. The molecule has 2 rings (SSSR count). The van der Waals surface area contributed by atoms with Crippen LogP contribution in [0.5, 0.6) is 0 Å². The van der Waals surface area contributed by atoms with Crippen molar-refractivity contribution in [1.82, 2.24) is 4.90 Å². The van der Waals surface area contributed by atoms with Crippen LogP contribution in [0.25, 0.3) is 0 Å². The standard InChI is InChI=1S/C15H17BrClNO3/c1-2-15(14(20)21)7-4-8-18(9-15)13(19)10-5-3-6-11(16)12(10)17/h3,5-6H,2,4,7-9H2,1H3,(H,20,21). The average molecular weight is 375 g/mol. The van der Waals surface area contributed by atoms with E-state index in [2.05, 4.69) is 15.9 Å². The topological polar surface area (TPSA) is 57.6 Å². The van der Waals surface area contributed by atoms with Gasteiger partial charge < -0.3 is 10.0 Å². The van der Waals surface area contributed by atoms with Crippen molar-refractivity contribution in [2.45, 2.75) is 26.2 Å². The fourth-order valence-corrected chi connectivity index (χ4v) is 3.33. The number of halogens is 2. The van der Waals surface area contributed by atoms with Gasteiger partial charge in [-0.3, -0.25) is 9.59 Å². The maximum atomic E-state index is 12.6. The quantitative estimate of drug-likeness (QED) is 0.875. The van der Waals surface area contributed by atoms with E-state index in [1.54, 1.807) is 23.1 Å². The van der Waals surface area contributed by atoms with Gasteiger partial charge in [0.05, 0.1) is 16.0 Å². The number of carbonyl (C=O) groups is 2. The zero-order chi connectivity index (χ0) is 15.6. The number of carboxylic acids is 1. The van der Waals surface area contributed by atoms with Crippen molar-refractivity contribution in [1.29, 1.82) is 0 Å². The highest BCUT2D eigenvalue weighted by Gasteiger charge is 2.42. The summed E-state index contributed by atoms with van der Waals surface area (Å²) in [5.74, 6) is -1.04. The summed E-state index contributed by atoms with van der Waals surface area (Å²) >= 11 is 9.47. The van der Waals surface area contributed by atoms with Gasteiger partial charge in [0.1, 0.15) is 0 Å². The van der Waals surface area contributed by atoms with Gasteiger partial charge in [0, 0.05) is 17.6 Å². The van der Waals surface area contributed by atoms with Crippen molar-refractivity contribution in [2.75, 3.05) is 13.1 Å². The molecule has 1 aromatic rings. The number of benzene rings is 1. The van der Waals surface area contributed by atoms with Gasteiger partial charge >= 0.3 is 5.97 Å². The molecule has 1 N–H and O–H groups in total. The van der Waals surface area contributed by atoms with Crippen LogP contribution in [0.1, 0.15) is 36.5 Å². The Morgan fingerprint density at radius 1 is 1.48 bits per heavy atom. The van der Waals surface area contributed by atoms with Crippen molar-refractivity contribution in [3.63, 3.8) is 0 Å². The number of hydrogen-bond donors (Lipinski definition) is 1. The predicted molar refractivity (Wildman–Crippen MR) is 84.6 cm³/mol. The Morgan fingerprint density at radius 3 is 2.81 bits per heavy atom. The Labute approximate surface area is 137 Å². The van der Waals surface area contributed by atoms with Crippen LogP contribution >= 0.6 is 27.5 Å². The summed E-state index contributed by atoms with van der Waals surface area (Å²) in [6, 6.07) is 5.18. The molecule has 114 valence electrons. The highest BCUT2D eigenvalue weighted by molar-refractivity contribution is 9.10. The first-order chi connectivity index (χ1) is 9.91. The third-order valence-electron chi connectivity index (χ3n) is 4.18.